The molecule has 2 aliphatic rings. The zero-order chi connectivity index (χ0) is 14.4. The monoisotopic (exact) mass is 268 g/mol. The Hall–Kier alpha value is -1.59. The molecular weight excluding hydrogens is 248 g/mol. The Kier molecular flexibility index (Phi) is 3.07. The van der Waals surface area contributed by atoms with Crippen molar-refractivity contribution >= 4 is 17.9 Å². The second-order valence-electron chi connectivity index (χ2n) is 6.65. The van der Waals surface area contributed by atoms with E-state index in [4.69, 9.17) is 5.11 Å². The highest BCUT2D eigenvalue weighted by molar-refractivity contribution is 6.08. The van der Waals surface area contributed by atoms with E-state index in [1.165, 1.54) is 0 Å². The van der Waals surface area contributed by atoms with Gasteiger partial charge in [0.1, 0.15) is 12.1 Å². The average molecular weight is 268 g/mol. The largest absolute Gasteiger partial charge is 0.480 e. The number of nitrogens with one attached hydrogen (secondary N) is 1. The Bertz CT molecular complexity index is 446. The van der Waals surface area contributed by atoms with Crippen LogP contribution in [0.4, 0.5) is 4.79 Å². The first-order chi connectivity index (χ1) is 8.65. The van der Waals surface area contributed by atoms with Crippen LogP contribution in [0, 0.1) is 11.3 Å². The molecule has 2 N–H and O–H groups in total. The van der Waals surface area contributed by atoms with Crippen molar-refractivity contribution in [1.82, 2.24) is 10.2 Å². The maximum atomic E-state index is 12.4. The molecule has 19 heavy (non-hydrogen) atoms. The van der Waals surface area contributed by atoms with Crippen molar-refractivity contribution in [2.45, 2.75) is 45.6 Å². The summed E-state index contributed by atoms with van der Waals surface area (Å²) in [5, 5.41) is 11.5. The van der Waals surface area contributed by atoms with Crippen LogP contribution >= 0.6 is 0 Å². The van der Waals surface area contributed by atoms with Crippen LogP contribution in [0.1, 0.15) is 40.0 Å². The lowest BCUT2D eigenvalue weighted by Gasteiger charge is -2.43. The molecule has 106 valence electrons. The number of imide groups is 1. The highest BCUT2D eigenvalue weighted by Crippen LogP contribution is 2.46. The van der Waals surface area contributed by atoms with Gasteiger partial charge in [-0.1, -0.05) is 20.8 Å². The van der Waals surface area contributed by atoms with Crippen molar-refractivity contribution in [2.75, 3.05) is 6.54 Å². The first kappa shape index (κ1) is 13.8. The number of carboxylic acids is 1. The lowest BCUT2D eigenvalue weighted by molar-refractivity contribution is -0.144. The van der Waals surface area contributed by atoms with E-state index in [-0.39, 0.29) is 11.3 Å². The summed E-state index contributed by atoms with van der Waals surface area (Å²) in [5.74, 6) is -1.25. The van der Waals surface area contributed by atoms with Gasteiger partial charge < -0.3 is 10.4 Å². The molecule has 0 aromatic heterocycles. The van der Waals surface area contributed by atoms with Crippen molar-refractivity contribution in [3.63, 3.8) is 0 Å². The van der Waals surface area contributed by atoms with Gasteiger partial charge >= 0.3 is 12.0 Å². The van der Waals surface area contributed by atoms with Gasteiger partial charge in [-0.05, 0) is 30.6 Å². The van der Waals surface area contributed by atoms with Gasteiger partial charge in [0.2, 0.25) is 0 Å². The molecule has 1 heterocycles. The van der Waals surface area contributed by atoms with E-state index in [2.05, 4.69) is 26.1 Å². The predicted molar refractivity (Wildman–Crippen MR) is 67.4 cm³/mol. The number of carbonyl (C=O) groups is 3. The maximum Gasteiger partial charge on any atom is 0.325 e. The number of amides is 3. The maximum absolute atomic E-state index is 12.4. The topological polar surface area (TPSA) is 86.7 Å². The number of hydrogen-bond donors (Lipinski definition) is 2. The first-order valence-electron chi connectivity index (χ1n) is 6.51. The van der Waals surface area contributed by atoms with Gasteiger partial charge in [0.25, 0.3) is 5.91 Å². The van der Waals surface area contributed by atoms with E-state index in [0.29, 0.717) is 18.8 Å². The molecule has 0 aromatic rings. The molecule has 6 nitrogen and oxygen atoms in total. The summed E-state index contributed by atoms with van der Waals surface area (Å²) < 4.78 is 0. The van der Waals surface area contributed by atoms with Gasteiger partial charge in [0.15, 0.2) is 0 Å². The molecule has 2 fully saturated rings. The predicted octanol–water partition coefficient (Wildman–Crippen LogP) is 1.21. The third-order valence-corrected chi connectivity index (χ3v) is 3.92. The molecule has 0 bridgehead atoms. The number of carboxylic acid groups (broad SMARTS) is 1. The number of hydrogen-bond acceptors (Lipinski definition) is 3. The van der Waals surface area contributed by atoms with Crippen molar-refractivity contribution in [2.24, 2.45) is 11.3 Å². The van der Waals surface area contributed by atoms with E-state index in [9.17, 15) is 14.4 Å². The Morgan fingerprint density at radius 2 is 2.05 bits per heavy atom. The summed E-state index contributed by atoms with van der Waals surface area (Å²) >= 11 is 0. The number of carbonyl (C=O) groups excluding carboxylic acids is 2. The molecule has 1 spiro atoms. The fourth-order valence-electron chi connectivity index (χ4n) is 3.78. The second kappa shape index (κ2) is 4.21. The lowest BCUT2D eigenvalue weighted by Crippen LogP contribution is -2.54. The quantitative estimate of drug-likeness (QED) is 0.737. The van der Waals surface area contributed by atoms with Crippen molar-refractivity contribution in [3.8, 4) is 0 Å². The Balaban J connectivity index is 2.28. The van der Waals surface area contributed by atoms with E-state index < -0.39 is 24.1 Å². The summed E-state index contributed by atoms with van der Waals surface area (Å²) in [6.07, 6.45) is 2.14. The Morgan fingerprint density at radius 3 is 2.58 bits per heavy atom. The van der Waals surface area contributed by atoms with Gasteiger partial charge in [0, 0.05) is 0 Å². The van der Waals surface area contributed by atoms with E-state index in [1.807, 2.05) is 0 Å². The minimum atomic E-state index is -1.18. The molecule has 1 saturated heterocycles. The fraction of sp³-hybridized carbons (Fsp3) is 0.769. The molecule has 0 aromatic carbocycles. The molecule has 0 unspecified atom stereocenters. The molecule has 1 aliphatic carbocycles. The molecule has 2 atom stereocenters. The Morgan fingerprint density at radius 1 is 1.42 bits per heavy atom. The van der Waals surface area contributed by atoms with Crippen molar-refractivity contribution in [3.05, 3.63) is 0 Å². The third-order valence-electron chi connectivity index (χ3n) is 3.92. The Labute approximate surface area is 112 Å². The number of aliphatic carboxylic acids is 1. The molecule has 3 amide bonds. The normalized spacial score (nSPS) is 33.6. The summed E-state index contributed by atoms with van der Waals surface area (Å²) in [6.45, 7) is 5.64. The van der Waals surface area contributed by atoms with Gasteiger partial charge in [-0.3, -0.25) is 14.5 Å². The van der Waals surface area contributed by atoms with Crippen LogP contribution in [0.2, 0.25) is 0 Å². The van der Waals surface area contributed by atoms with Crippen molar-refractivity contribution in [1.29, 1.82) is 0 Å². The number of rotatable bonds is 2. The van der Waals surface area contributed by atoms with Crippen LogP contribution in [0.15, 0.2) is 0 Å². The fourth-order valence-corrected chi connectivity index (χ4v) is 3.78. The van der Waals surface area contributed by atoms with Crippen LogP contribution in [0.25, 0.3) is 0 Å². The van der Waals surface area contributed by atoms with E-state index in [0.717, 1.165) is 11.3 Å². The number of urea groups is 1. The van der Waals surface area contributed by atoms with Crippen LogP contribution in [-0.4, -0.2) is 40.0 Å². The van der Waals surface area contributed by atoms with Crippen LogP contribution < -0.4 is 5.32 Å². The lowest BCUT2D eigenvalue weighted by atomic mass is 9.64. The van der Waals surface area contributed by atoms with Gasteiger partial charge in [-0.2, -0.15) is 0 Å². The van der Waals surface area contributed by atoms with Gasteiger partial charge in [-0.15, -0.1) is 0 Å². The van der Waals surface area contributed by atoms with E-state index >= 15 is 0 Å². The summed E-state index contributed by atoms with van der Waals surface area (Å²) in [4.78, 5) is 35.8. The molecule has 1 aliphatic heterocycles. The highest BCUT2D eigenvalue weighted by Gasteiger charge is 2.56. The van der Waals surface area contributed by atoms with Crippen LogP contribution in [0.5, 0.6) is 0 Å². The second-order valence-corrected chi connectivity index (χ2v) is 6.65. The highest BCUT2D eigenvalue weighted by atomic mass is 16.4. The molecule has 2 rings (SSSR count). The SMILES string of the molecule is C[C@@H]1CC(C)(C)C[C@@]2(C1)NC(=O)N(CC(=O)O)C2=O. The summed E-state index contributed by atoms with van der Waals surface area (Å²) in [6, 6.07) is -0.586. The third kappa shape index (κ3) is 2.43. The standard InChI is InChI=1S/C13H20N2O4/c1-8-4-12(2,3)7-13(5-8)10(18)15(6-9(16)17)11(19)14-13/h8H,4-7H2,1-3H3,(H,14,19)(H,16,17)/t8-,13-/m1/s1. The van der Waals surface area contributed by atoms with E-state index in [1.54, 1.807) is 0 Å². The average Bonchev–Trinajstić information content (AvgIpc) is 2.38. The minimum absolute atomic E-state index is 0.0418. The molecule has 6 heteroatoms. The minimum Gasteiger partial charge on any atom is -0.480 e. The smallest absolute Gasteiger partial charge is 0.325 e. The summed E-state index contributed by atoms with van der Waals surface area (Å²) in [5.41, 5.74) is -0.951. The van der Waals surface area contributed by atoms with Gasteiger partial charge in [0.05, 0.1) is 0 Å². The van der Waals surface area contributed by atoms with Crippen LogP contribution in [-0.2, 0) is 9.59 Å². The first-order valence-corrected chi connectivity index (χ1v) is 6.51. The molecular formula is C13H20N2O4. The van der Waals surface area contributed by atoms with Crippen LogP contribution in [0.3, 0.4) is 0 Å². The summed E-state index contributed by atoms with van der Waals surface area (Å²) in [7, 11) is 0. The van der Waals surface area contributed by atoms with Gasteiger partial charge in [-0.25, -0.2) is 4.79 Å². The molecule has 0 radical (unpaired) electrons. The van der Waals surface area contributed by atoms with Crippen molar-refractivity contribution < 1.29 is 19.5 Å². The zero-order valence-electron chi connectivity index (χ0n) is 11.5. The number of nitrogens with zero attached hydrogens (tertiary/aromatic N) is 1. The zero-order valence-corrected chi connectivity index (χ0v) is 11.5. The molecule has 1 saturated carbocycles.